The second kappa shape index (κ2) is 5.12. The van der Waals surface area contributed by atoms with Gasteiger partial charge in [0.25, 0.3) is 0 Å². The van der Waals surface area contributed by atoms with Crippen molar-refractivity contribution in [3.8, 4) is 0 Å². The van der Waals surface area contributed by atoms with Gasteiger partial charge in [-0.15, -0.1) is 0 Å². The Balaban J connectivity index is 2.09. The maximum Gasteiger partial charge on any atom is 0.106 e. The highest BCUT2D eigenvalue weighted by atomic mass is 79.9. The quantitative estimate of drug-likeness (QED) is 0.857. The predicted molar refractivity (Wildman–Crippen MR) is 70.4 cm³/mol. The van der Waals surface area contributed by atoms with Crippen LogP contribution in [0.15, 0.2) is 53.3 Å². The molecule has 0 bridgehead atoms. The van der Waals surface area contributed by atoms with Crippen molar-refractivity contribution in [3.05, 3.63) is 58.8 Å². The van der Waals surface area contributed by atoms with Gasteiger partial charge >= 0.3 is 0 Å². The fourth-order valence-corrected chi connectivity index (χ4v) is 1.75. The third-order valence-electron chi connectivity index (χ3n) is 2.41. The number of hydrogen-bond acceptors (Lipinski definition) is 2. The van der Waals surface area contributed by atoms with Gasteiger partial charge in [-0.05, 0) is 46.6 Å². The Morgan fingerprint density at radius 2 is 1.88 bits per heavy atom. The molecule has 3 heteroatoms. The number of aromatic nitrogens is 1. The number of pyridine rings is 1. The van der Waals surface area contributed by atoms with E-state index in [1.165, 1.54) is 5.56 Å². The lowest BCUT2D eigenvalue weighted by Crippen LogP contribution is -2.06. The number of rotatable bonds is 3. The van der Waals surface area contributed by atoms with E-state index in [4.69, 9.17) is 0 Å². The zero-order valence-electron chi connectivity index (χ0n) is 9.02. The molecule has 0 aliphatic rings. The van der Waals surface area contributed by atoms with Gasteiger partial charge in [0.2, 0.25) is 0 Å². The monoisotopic (exact) mass is 276 g/mol. The van der Waals surface area contributed by atoms with E-state index in [9.17, 15) is 0 Å². The summed E-state index contributed by atoms with van der Waals surface area (Å²) in [4.78, 5) is 4.22. The van der Waals surface area contributed by atoms with Crippen LogP contribution in [0.5, 0.6) is 0 Å². The van der Waals surface area contributed by atoms with Crippen LogP contribution in [0.3, 0.4) is 0 Å². The van der Waals surface area contributed by atoms with Gasteiger partial charge in [0.1, 0.15) is 4.60 Å². The van der Waals surface area contributed by atoms with Crippen LogP contribution in [0.25, 0.3) is 0 Å². The zero-order chi connectivity index (χ0) is 11.4. The second-order valence-electron chi connectivity index (χ2n) is 3.65. The number of nitrogens with zero attached hydrogens (tertiary/aromatic N) is 1. The van der Waals surface area contributed by atoms with E-state index in [-0.39, 0.29) is 6.04 Å². The van der Waals surface area contributed by atoms with E-state index in [1.807, 2.05) is 30.5 Å². The summed E-state index contributed by atoms with van der Waals surface area (Å²) in [5.74, 6) is 0. The van der Waals surface area contributed by atoms with E-state index < -0.39 is 0 Å². The Bertz CT molecular complexity index is 439. The van der Waals surface area contributed by atoms with Crippen molar-refractivity contribution in [3.63, 3.8) is 0 Å². The van der Waals surface area contributed by atoms with Crippen LogP contribution in [0.1, 0.15) is 18.5 Å². The minimum Gasteiger partial charge on any atom is -0.378 e. The zero-order valence-corrected chi connectivity index (χ0v) is 10.6. The van der Waals surface area contributed by atoms with E-state index in [0.29, 0.717) is 0 Å². The molecule has 1 heterocycles. The molecule has 1 aromatic heterocycles. The maximum absolute atomic E-state index is 4.22. The summed E-state index contributed by atoms with van der Waals surface area (Å²) in [5, 5.41) is 3.42. The summed E-state index contributed by atoms with van der Waals surface area (Å²) in [7, 11) is 0. The van der Waals surface area contributed by atoms with Gasteiger partial charge in [0, 0.05) is 11.9 Å². The molecule has 2 nitrogen and oxygen atoms in total. The molecule has 16 heavy (non-hydrogen) atoms. The Labute approximate surface area is 104 Å². The molecule has 0 aliphatic heterocycles. The molecular formula is C13H13BrN2. The van der Waals surface area contributed by atoms with Crippen molar-refractivity contribution in [2.45, 2.75) is 13.0 Å². The predicted octanol–water partition coefficient (Wildman–Crippen LogP) is 4.02. The first-order valence-corrected chi connectivity index (χ1v) is 5.98. The number of para-hydroxylation sites is 1. The number of nitrogens with one attached hydrogen (secondary N) is 1. The van der Waals surface area contributed by atoms with Crippen molar-refractivity contribution in [2.24, 2.45) is 0 Å². The first-order chi connectivity index (χ1) is 7.75. The molecule has 0 fully saturated rings. The second-order valence-corrected chi connectivity index (χ2v) is 4.46. The Morgan fingerprint density at radius 3 is 2.50 bits per heavy atom. The molecule has 82 valence electrons. The Hall–Kier alpha value is -1.35. The molecule has 1 atom stereocenters. The molecule has 1 unspecified atom stereocenters. The topological polar surface area (TPSA) is 24.9 Å². The van der Waals surface area contributed by atoms with Gasteiger partial charge in [-0.25, -0.2) is 4.98 Å². The third kappa shape index (κ3) is 2.83. The average Bonchev–Trinajstić information content (AvgIpc) is 2.31. The van der Waals surface area contributed by atoms with E-state index in [1.54, 1.807) is 0 Å². The van der Waals surface area contributed by atoms with Gasteiger partial charge < -0.3 is 5.32 Å². The normalized spacial score (nSPS) is 12.1. The van der Waals surface area contributed by atoms with Gasteiger partial charge in [0.05, 0.1) is 6.04 Å². The minimum absolute atomic E-state index is 0.253. The van der Waals surface area contributed by atoms with Gasteiger partial charge in [-0.2, -0.15) is 0 Å². The van der Waals surface area contributed by atoms with Crippen LogP contribution in [-0.2, 0) is 0 Å². The van der Waals surface area contributed by atoms with Crippen molar-refractivity contribution >= 4 is 21.6 Å². The highest BCUT2D eigenvalue weighted by molar-refractivity contribution is 9.10. The smallest absolute Gasteiger partial charge is 0.106 e. The van der Waals surface area contributed by atoms with Gasteiger partial charge in [-0.3, -0.25) is 0 Å². The summed E-state index contributed by atoms with van der Waals surface area (Å²) >= 11 is 3.33. The highest BCUT2D eigenvalue weighted by Gasteiger charge is 2.04. The van der Waals surface area contributed by atoms with Crippen molar-refractivity contribution in [1.29, 1.82) is 0 Å². The van der Waals surface area contributed by atoms with Crippen molar-refractivity contribution < 1.29 is 0 Å². The third-order valence-corrected chi connectivity index (χ3v) is 2.88. The lowest BCUT2D eigenvalue weighted by molar-refractivity contribution is 0.874. The van der Waals surface area contributed by atoms with Gasteiger partial charge in [-0.1, -0.05) is 24.3 Å². The van der Waals surface area contributed by atoms with Crippen LogP contribution in [0, 0.1) is 0 Å². The molecule has 0 aliphatic carbocycles. The van der Waals surface area contributed by atoms with Crippen molar-refractivity contribution in [2.75, 3.05) is 5.32 Å². The van der Waals surface area contributed by atoms with Crippen molar-refractivity contribution in [1.82, 2.24) is 4.98 Å². The highest BCUT2D eigenvalue weighted by Crippen LogP contribution is 2.19. The number of halogens is 1. The molecule has 0 amide bonds. The first kappa shape index (κ1) is 11.1. The largest absolute Gasteiger partial charge is 0.378 e. The van der Waals surface area contributed by atoms with E-state index in [2.05, 4.69) is 51.4 Å². The summed E-state index contributed by atoms with van der Waals surface area (Å²) < 4.78 is 0.864. The molecular weight excluding hydrogens is 264 g/mol. The Kier molecular flexibility index (Phi) is 3.57. The lowest BCUT2D eigenvalue weighted by Gasteiger charge is -2.15. The molecule has 0 saturated carbocycles. The minimum atomic E-state index is 0.253. The summed E-state index contributed by atoms with van der Waals surface area (Å²) in [5.41, 5.74) is 2.30. The first-order valence-electron chi connectivity index (χ1n) is 5.19. The van der Waals surface area contributed by atoms with Gasteiger partial charge in [0.15, 0.2) is 0 Å². The maximum atomic E-state index is 4.22. The molecule has 2 aromatic rings. The standard InChI is InChI=1S/C13H13BrN2/c1-10(11-7-8-13(14)15-9-11)16-12-5-3-2-4-6-12/h2-10,16H,1H3. The summed E-state index contributed by atoms with van der Waals surface area (Å²) in [6.45, 7) is 2.12. The number of benzene rings is 1. The fraction of sp³-hybridized carbons (Fsp3) is 0.154. The Morgan fingerprint density at radius 1 is 1.12 bits per heavy atom. The summed E-state index contributed by atoms with van der Waals surface area (Å²) in [6.07, 6.45) is 1.88. The molecule has 1 aromatic carbocycles. The molecule has 1 N–H and O–H groups in total. The van der Waals surface area contributed by atoms with Crippen LogP contribution in [0.2, 0.25) is 0 Å². The number of hydrogen-bond donors (Lipinski definition) is 1. The lowest BCUT2D eigenvalue weighted by atomic mass is 10.1. The van der Waals surface area contributed by atoms with Crippen LogP contribution < -0.4 is 5.32 Å². The van der Waals surface area contributed by atoms with Crippen LogP contribution >= 0.6 is 15.9 Å². The molecule has 2 rings (SSSR count). The molecule has 0 saturated heterocycles. The van der Waals surface area contributed by atoms with E-state index >= 15 is 0 Å². The SMILES string of the molecule is CC(Nc1ccccc1)c1ccc(Br)nc1. The summed E-state index contributed by atoms with van der Waals surface area (Å²) in [6, 6.07) is 14.4. The molecule has 0 radical (unpaired) electrons. The number of anilines is 1. The fourth-order valence-electron chi connectivity index (χ4n) is 1.51. The average molecular weight is 277 g/mol. The molecule has 0 spiro atoms. The van der Waals surface area contributed by atoms with Crippen LogP contribution in [-0.4, -0.2) is 4.98 Å². The van der Waals surface area contributed by atoms with Crippen LogP contribution in [0.4, 0.5) is 5.69 Å². The van der Waals surface area contributed by atoms with E-state index in [0.717, 1.165) is 10.3 Å².